The van der Waals surface area contributed by atoms with Crippen LogP contribution in [0.5, 0.6) is 0 Å². The number of esters is 1. The number of nitrogens with two attached hydrogens (primary N) is 1. The molecule has 1 unspecified atom stereocenters. The summed E-state index contributed by atoms with van der Waals surface area (Å²) in [6.07, 6.45) is 3.26. The largest absolute Gasteiger partial charge is 0.461 e. The standard InChI is InChI=1S/C10H13NO2S/c11-9(8-5-2-6-14-8)10(12)13-7-3-1-4-7/h2,5-7,9H,1,3-4,11H2. The molecule has 1 aromatic rings. The topological polar surface area (TPSA) is 52.3 Å². The molecule has 1 aliphatic rings. The molecule has 0 spiro atoms. The number of hydrogen-bond acceptors (Lipinski definition) is 4. The lowest BCUT2D eigenvalue weighted by Crippen LogP contribution is -2.31. The average molecular weight is 211 g/mol. The van der Waals surface area contributed by atoms with Gasteiger partial charge >= 0.3 is 5.97 Å². The quantitative estimate of drug-likeness (QED) is 0.776. The van der Waals surface area contributed by atoms with Crippen molar-refractivity contribution < 1.29 is 9.53 Å². The van der Waals surface area contributed by atoms with Gasteiger partial charge in [0.25, 0.3) is 0 Å². The highest BCUT2D eigenvalue weighted by Crippen LogP contribution is 2.25. The average Bonchev–Trinajstić information content (AvgIpc) is 2.62. The van der Waals surface area contributed by atoms with E-state index in [2.05, 4.69) is 0 Å². The van der Waals surface area contributed by atoms with Gasteiger partial charge in [-0.2, -0.15) is 0 Å². The Morgan fingerprint density at radius 2 is 2.43 bits per heavy atom. The summed E-state index contributed by atoms with van der Waals surface area (Å²) in [6.45, 7) is 0. The summed E-state index contributed by atoms with van der Waals surface area (Å²) in [6, 6.07) is 3.14. The fraction of sp³-hybridized carbons (Fsp3) is 0.500. The van der Waals surface area contributed by atoms with Crippen molar-refractivity contribution in [1.82, 2.24) is 0 Å². The van der Waals surface area contributed by atoms with Gasteiger partial charge in [0.05, 0.1) is 0 Å². The summed E-state index contributed by atoms with van der Waals surface area (Å²) < 4.78 is 5.21. The Hall–Kier alpha value is -0.870. The van der Waals surface area contributed by atoms with Crippen molar-refractivity contribution in [3.05, 3.63) is 22.4 Å². The van der Waals surface area contributed by atoms with E-state index in [9.17, 15) is 4.79 Å². The molecule has 76 valence electrons. The Labute approximate surface area is 86.9 Å². The predicted octanol–water partition coefficient (Wildman–Crippen LogP) is 1.84. The van der Waals surface area contributed by atoms with Crippen molar-refractivity contribution in [2.75, 3.05) is 0 Å². The van der Waals surface area contributed by atoms with Crippen LogP contribution in [0.2, 0.25) is 0 Å². The third-order valence-electron chi connectivity index (χ3n) is 2.44. The van der Waals surface area contributed by atoms with E-state index in [-0.39, 0.29) is 12.1 Å². The van der Waals surface area contributed by atoms with Crippen LogP contribution in [0.15, 0.2) is 17.5 Å². The van der Waals surface area contributed by atoms with Gasteiger partial charge < -0.3 is 10.5 Å². The molecule has 0 aromatic carbocycles. The molecule has 1 fully saturated rings. The molecular weight excluding hydrogens is 198 g/mol. The third kappa shape index (κ3) is 1.96. The SMILES string of the molecule is NC(C(=O)OC1CCC1)c1cccs1. The minimum absolute atomic E-state index is 0.119. The van der Waals surface area contributed by atoms with Crippen LogP contribution >= 0.6 is 11.3 Å². The van der Waals surface area contributed by atoms with E-state index in [0.717, 1.165) is 24.1 Å². The number of carbonyl (C=O) groups excluding carboxylic acids is 1. The summed E-state index contributed by atoms with van der Waals surface area (Å²) in [5, 5.41) is 1.91. The van der Waals surface area contributed by atoms with Crippen molar-refractivity contribution in [2.24, 2.45) is 5.73 Å². The highest BCUT2D eigenvalue weighted by molar-refractivity contribution is 7.10. The highest BCUT2D eigenvalue weighted by Gasteiger charge is 2.26. The Kier molecular flexibility index (Phi) is 2.84. The molecular formula is C10H13NO2S. The number of ether oxygens (including phenoxy) is 1. The molecule has 2 N–H and O–H groups in total. The minimum Gasteiger partial charge on any atom is -0.461 e. The van der Waals surface area contributed by atoms with E-state index in [1.807, 2.05) is 17.5 Å². The zero-order valence-corrected chi connectivity index (χ0v) is 8.63. The molecule has 3 nitrogen and oxygen atoms in total. The summed E-state index contributed by atoms with van der Waals surface area (Å²) in [5.74, 6) is -0.294. The second-order valence-corrected chi connectivity index (χ2v) is 4.46. The first-order valence-electron chi connectivity index (χ1n) is 4.77. The molecule has 1 aromatic heterocycles. The van der Waals surface area contributed by atoms with E-state index >= 15 is 0 Å². The summed E-state index contributed by atoms with van der Waals surface area (Å²) in [4.78, 5) is 12.4. The molecule has 0 saturated heterocycles. The number of hydrogen-bond donors (Lipinski definition) is 1. The second kappa shape index (κ2) is 4.11. The van der Waals surface area contributed by atoms with Crippen molar-refractivity contribution in [1.29, 1.82) is 0 Å². The number of carbonyl (C=O) groups is 1. The molecule has 4 heteroatoms. The summed E-state index contributed by atoms with van der Waals surface area (Å²) in [7, 11) is 0. The maximum absolute atomic E-state index is 11.5. The fourth-order valence-corrected chi connectivity index (χ4v) is 2.02. The van der Waals surface area contributed by atoms with Crippen LogP contribution in [0, 0.1) is 0 Å². The highest BCUT2D eigenvalue weighted by atomic mass is 32.1. The first-order chi connectivity index (χ1) is 6.77. The third-order valence-corrected chi connectivity index (χ3v) is 3.39. The molecule has 0 amide bonds. The van der Waals surface area contributed by atoms with Gasteiger partial charge in [-0.15, -0.1) is 11.3 Å². The smallest absolute Gasteiger partial charge is 0.328 e. The van der Waals surface area contributed by atoms with Crippen molar-refractivity contribution in [3.8, 4) is 0 Å². The lowest BCUT2D eigenvalue weighted by Gasteiger charge is -2.26. The monoisotopic (exact) mass is 211 g/mol. The molecule has 1 heterocycles. The van der Waals surface area contributed by atoms with Crippen LogP contribution in [0.25, 0.3) is 0 Å². The zero-order valence-electron chi connectivity index (χ0n) is 7.81. The fourth-order valence-electron chi connectivity index (χ4n) is 1.31. The van der Waals surface area contributed by atoms with Gasteiger partial charge in [-0.05, 0) is 30.7 Å². The Morgan fingerprint density at radius 3 is 2.93 bits per heavy atom. The van der Waals surface area contributed by atoms with Crippen LogP contribution in [0.4, 0.5) is 0 Å². The second-order valence-electron chi connectivity index (χ2n) is 3.48. The maximum Gasteiger partial charge on any atom is 0.328 e. The van der Waals surface area contributed by atoms with Crippen LogP contribution in [-0.4, -0.2) is 12.1 Å². The molecule has 14 heavy (non-hydrogen) atoms. The van der Waals surface area contributed by atoms with Gasteiger partial charge in [-0.1, -0.05) is 6.07 Å². The Morgan fingerprint density at radius 1 is 1.64 bits per heavy atom. The van der Waals surface area contributed by atoms with Crippen LogP contribution < -0.4 is 5.73 Å². The predicted molar refractivity (Wildman–Crippen MR) is 55.0 cm³/mol. The van der Waals surface area contributed by atoms with Gasteiger partial charge in [-0.3, -0.25) is 0 Å². The number of rotatable bonds is 3. The van der Waals surface area contributed by atoms with Crippen LogP contribution in [-0.2, 0) is 9.53 Å². The zero-order chi connectivity index (χ0) is 9.97. The van der Waals surface area contributed by atoms with E-state index in [1.165, 1.54) is 11.3 Å². The molecule has 0 aliphatic heterocycles. The van der Waals surface area contributed by atoms with Gasteiger partial charge in [0.1, 0.15) is 12.1 Å². The van der Waals surface area contributed by atoms with E-state index in [0.29, 0.717) is 0 Å². The normalized spacial score (nSPS) is 18.6. The van der Waals surface area contributed by atoms with Crippen molar-refractivity contribution >= 4 is 17.3 Å². The maximum atomic E-state index is 11.5. The van der Waals surface area contributed by atoms with Gasteiger partial charge in [0, 0.05) is 4.88 Å². The lowest BCUT2D eigenvalue weighted by molar-refractivity contribution is -0.154. The van der Waals surface area contributed by atoms with Gasteiger partial charge in [0.2, 0.25) is 0 Å². The molecule has 0 radical (unpaired) electrons. The molecule has 2 rings (SSSR count). The van der Waals surface area contributed by atoms with Crippen molar-refractivity contribution in [2.45, 2.75) is 31.4 Å². The molecule has 1 aliphatic carbocycles. The summed E-state index contributed by atoms with van der Waals surface area (Å²) >= 11 is 1.49. The molecule has 1 atom stereocenters. The first-order valence-corrected chi connectivity index (χ1v) is 5.65. The van der Waals surface area contributed by atoms with E-state index < -0.39 is 6.04 Å². The van der Waals surface area contributed by atoms with Gasteiger partial charge in [0.15, 0.2) is 0 Å². The minimum atomic E-state index is -0.601. The lowest BCUT2D eigenvalue weighted by atomic mass is 9.96. The van der Waals surface area contributed by atoms with E-state index in [4.69, 9.17) is 10.5 Å². The first kappa shape index (κ1) is 9.68. The number of thiophene rings is 1. The van der Waals surface area contributed by atoms with Crippen molar-refractivity contribution in [3.63, 3.8) is 0 Å². The summed E-state index contributed by atoms with van der Waals surface area (Å²) in [5.41, 5.74) is 5.75. The Balaban J connectivity index is 1.90. The van der Waals surface area contributed by atoms with Gasteiger partial charge in [-0.25, -0.2) is 4.79 Å². The van der Waals surface area contributed by atoms with Crippen LogP contribution in [0.1, 0.15) is 30.2 Å². The molecule has 0 bridgehead atoms. The van der Waals surface area contributed by atoms with E-state index in [1.54, 1.807) is 0 Å². The molecule has 1 saturated carbocycles. The Bertz CT molecular complexity index is 306. The van der Waals surface area contributed by atoms with Crippen LogP contribution in [0.3, 0.4) is 0 Å².